The molecule has 32 heavy (non-hydrogen) atoms. The number of carbonyl (C=O) groups is 1. The number of likely N-dealkylation sites (tertiary alicyclic amines) is 1. The first kappa shape index (κ1) is 24.3. The summed E-state index contributed by atoms with van der Waals surface area (Å²) in [6.07, 6.45) is 2.41. The molecule has 2 atom stereocenters. The number of ether oxygens (including phenoxy) is 1. The maximum atomic E-state index is 11.6. The van der Waals surface area contributed by atoms with Gasteiger partial charge in [0.15, 0.2) is 8.32 Å². The number of hydrogen-bond donors (Lipinski definition) is 1. The Morgan fingerprint density at radius 1 is 1.25 bits per heavy atom. The predicted octanol–water partition coefficient (Wildman–Crippen LogP) is 4.39. The van der Waals surface area contributed by atoms with Crippen molar-refractivity contribution in [3.05, 3.63) is 41.7 Å². The molecule has 2 aromatic rings. The highest BCUT2D eigenvalue weighted by Crippen LogP contribution is 2.40. The van der Waals surface area contributed by atoms with Gasteiger partial charge >= 0.3 is 6.09 Å². The molecule has 1 aromatic heterocycles. The Bertz CT molecular complexity index is 907. The summed E-state index contributed by atoms with van der Waals surface area (Å²) in [6.45, 7) is 12.6. The SMILES string of the molecule is COc1ccc(CCn2cc(C3CCN(C(=O)O)CC3O[Si](C)(C)C(C)(C)C)nn2)cc1. The van der Waals surface area contributed by atoms with Gasteiger partial charge in [0, 0.05) is 31.7 Å². The third kappa shape index (κ3) is 5.69. The van der Waals surface area contributed by atoms with Crippen LogP contribution < -0.4 is 4.74 Å². The average Bonchev–Trinajstić information content (AvgIpc) is 3.20. The van der Waals surface area contributed by atoms with E-state index in [0.29, 0.717) is 19.5 Å². The van der Waals surface area contributed by atoms with Gasteiger partial charge in [0.25, 0.3) is 0 Å². The van der Waals surface area contributed by atoms with Gasteiger partial charge in [0.2, 0.25) is 0 Å². The van der Waals surface area contributed by atoms with Crippen molar-refractivity contribution in [1.29, 1.82) is 0 Å². The van der Waals surface area contributed by atoms with Gasteiger partial charge in [-0.15, -0.1) is 5.10 Å². The largest absolute Gasteiger partial charge is 0.497 e. The van der Waals surface area contributed by atoms with Crippen molar-refractivity contribution in [2.45, 2.75) is 70.3 Å². The molecule has 1 aliphatic rings. The fraction of sp³-hybridized carbons (Fsp3) is 0.609. The maximum absolute atomic E-state index is 11.6. The van der Waals surface area contributed by atoms with E-state index in [1.165, 1.54) is 10.5 Å². The number of rotatable bonds is 7. The summed E-state index contributed by atoms with van der Waals surface area (Å²) in [5.41, 5.74) is 2.09. The van der Waals surface area contributed by atoms with Gasteiger partial charge in [-0.3, -0.25) is 4.68 Å². The number of aromatic nitrogens is 3. The third-order valence-corrected chi connectivity index (χ3v) is 11.3. The molecule has 0 radical (unpaired) electrons. The fourth-order valence-electron chi connectivity index (χ4n) is 3.73. The van der Waals surface area contributed by atoms with Gasteiger partial charge in [-0.1, -0.05) is 38.1 Å². The summed E-state index contributed by atoms with van der Waals surface area (Å²) >= 11 is 0. The first-order chi connectivity index (χ1) is 15.0. The molecule has 3 rings (SSSR count). The minimum Gasteiger partial charge on any atom is -0.497 e. The molecule has 1 saturated heterocycles. The lowest BCUT2D eigenvalue weighted by atomic mass is 9.91. The molecule has 0 bridgehead atoms. The number of methoxy groups -OCH3 is 1. The van der Waals surface area contributed by atoms with Crippen LogP contribution >= 0.6 is 0 Å². The standard InChI is InChI=1S/C23H36N4O4Si/c1-23(2,3)32(5,6)31-21-16-26(22(28)29)13-12-19(21)20-15-27(25-24-20)14-11-17-7-9-18(30-4)10-8-17/h7-10,15,19,21H,11-14,16H2,1-6H3,(H,28,29). The molecule has 1 amide bonds. The van der Waals surface area contributed by atoms with Gasteiger partial charge in [0.1, 0.15) is 5.75 Å². The monoisotopic (exact) mass is 460 g/mol. The topological polar surface area (TPSA) is 89.7 Å². The summed E-state index contributed by atoms with van der Waals surface area (Å²) in [5.74, 6) is 0.881. The highest BCUT2D eigenvalue weighted by molar-refractivity contribution is 6.74. The first-order valence-electron chi connectivity index (χ1n) is 11.2. The minimum atomic E-state index is -2.08. The molecule has 1 fully saturated rings. The van der Waals surface area contributed by atoms with Crippen LogP contribution in [0.15, 0.2) is 30.5 Å². The summed E-state index contributed by atoms with van der Waals surface area (Å²) in [5, 5.41) is 18.4. The Balaban J connectivity index is 1.72. The van der Waals surface area contributed by atoms with E-state index >= 15 is 0 Å². The zero-order chi connectivity index (χ0) is 23.5. The Kier molecular flexibility index (Phi) is 7.29. The van der Waals surface area contributed by atoms with E-state index in [-0.39, 0.29) is 17.1 Å². The summed E-state index contributed by atoms with van der Waals surface area (Å²) < 4.78 is 13.8. The van der Waals surface area contributed by atoms with Crippen LogP contribution in [-0.2, 0) is 17.4 Å². The van der Waals surface area contributed by atoms with E-state index in [0.717, 1.165) is 24.4 Å². The number of nitrogens with zero attached hydrogens (tertiary/aromatic N) is 4. The van der Waals surface area contributed by atoms with Gasteiger partial charge in [-0.2, -0.15) is 0 Å². The van der Waals surface area contributed by atoms with Gasteiger partial charge in [0.05, 0.1) is 18.9 Å². The molecule has 1 aromatic carbocycles. The summed E-state index contributed by atoms with van der Waals surface area (Å²) in [4.78, 5) is 13.1. The van der Waals surface area contributed by atoms with Crippen molar-refractivity contribution in [1.82, 2.24) is 19.9 Å². The zero-order valence-corrected chi connectivity index (χ0v) is 21.0. The zero-order valence-electron chi connectivity index (χ0n) is 20.0. The number of piperidine rings is 1. The van der Waals surface area contributed by atoms with E-state index in [9.17, 15) is 9.90 Å². The molecule has 8 nitrogen and oxygen atoms in total. The van der Waals surface area contributed by atoms with E-state index < -0.39 is 14.4 Å². The second-order valence-corrected chi connectivity index (χ2v) is 14.8. The van der Waals surface area contributed by atoms with Crippen LogP contribution in [-0.4, -0.2) is 65.7 Å². The molecule has 9 heteroatoms. The fourth-order valence-corrected chi connectivity index (χ4v) is 5.08. The Labute approximate surface area is 191 Å². The Morgan fingerprint density at radius 3 is 2.53 bits per heavy atom. The smallest absolute Gasteiger partial charge is 0.407 e. The second kappa shape index (κ2) is 9.62. The molecule has 0 spiro atoms. The molecule has 1 N–H and O–H groups in total. The van der Waals surface area contributed by atoms with Crippen molar-refractivity contribution < 1.29 is 19.1 Å². The van der Waals surface area contributed by atoms with Crippen LogP contribution in [0.4, 0.5) is 4.79 Å². The lowest BCUT2D eigenvalue weighted by Gasteiger charge is -2.44. The minimum absolute atomic E-state index is 0.0365. The molecule has 176 valence electrons. The van der Waals surface area contributed by atoms with Crippen molar-refractivity contribution in [2.75, 3.05) is 20.2 Å². The van der Waals surface area contributed by atoms with Crippen LogP contribution in [0, 0.1) is 0 Å². The summed E-state index contributed by atoms with van der Waals surface area (Å²) in [7, 11) is -0.415. The molecule has 2 heterocycles. The highest BCUT2D eigenvalue weighted by atomic mass is 28.4. The molecule has 2 unspecified atom stereocenters. The highest BCUT2D eigenvalue weighted by Gasteiger charge is 2.43. The molecular weight excluding hydrogens is 424 g/mol. The number of carboxylic acid groups (broad SMARTS) is 1. The van der Waals surface area contributed by atoms with Crippen LogP contribution in [0.5, 0.6) is 5.75 Å². The van der Waals surface area contributed by atoms with E-state index in [2.05, 4.69) is 56.3 Å². The molecule has 1 aliphatic heterocycles. The second-order valence-electron chi connectivity index (χ2n) is 10.0. The first-order valence-corrected chi connectivity index (χ1v) is 14.1. The van der Waals surface area contributed by atoms with Crippen LogP contribution in [0.25, 0.3) is 0 Å². The number of benzene rings is 1. The Hall–Kier alpha value is -2.39. The molecule has 0 saturated carbocycles. The number of amides is 1. The van der Waals surface area contributed by atoms with Crippen LogP contribution in [0.3, 0.4) is 0 Å². The lowest BCUT2D eigenvalue weighted by molar-refractivity contribution is 0.0557. The normalized spacial score (nSPS) is 19.8. The van der Waals surface area contributed by atoms with E-state index in [1.54, 1.807) is 7.11 Å². The van der Waals surface area contributed by atoms with Crippen molar-refractivity contribution in [3.63, 3.8) is 0 Å². The molecule has 0 aliphatic carbocycles. The van der Waals surface area contributed by atoms with Crippen molar-refractivity contribution in [2.24, 2.45) is 0 Å². The van der Waals surface area contributed by atoms with E-state index in [1.807, 2.05) is 23.0 Å². The van der Waals surface area contributed by atoms with Crippen molar-refractivity contribution >= 4 is 14.4 Å². The average molecular weight is 461 g/mol. The lowest BCUT2D eigenvalue weighted by Crippen LogP contribution is -2.52. The van der Waals surface area contributed by atoms with E-state index in [4.69, 9.17) is 9.16 Å². The maximum Gasteiger partial charge on any atom is 0.407 e. The van der Waals surface area contributed by atoms with Gasteiger partial charge < -0.3 is 19.2 Å². The van der Waals surface area contributed by atoms with Crippen LogP contribution in [0.2, 0.25) is 18.1 Å². The Morgan fingerprint density at radius 2 is 1.94 bits per heavy atom. The third-order valence-electron chi connectivity index (χ3n) is 6.81. The quantitative estimate of drug-likeness (QED) is 0.617. The summed E-state index contributed by atoms with van der Waals surface area (Å²) in [6, 6.07) is 8.03. The van der Waals surface area contributed by atoms with Crippen molar-refractivity contribution in [3.8, 4) is 5.75 Å². The van der Waals surface area contributed by atoms with Gasteiger partial charge in [-0.05, 0) is 48.7 Å². The number of aryl methyl sites for hydroxylation is 2. The van der Waals surface area contributed by atoms with Gasteiger partial charge in [-0.25, -0.2) is 4.79 Å². The molecular formula is C23H36N4O4Si. The predicted molar refractivity (Wildman–Crippen MR) is 126 cm³/mol. The van der Waals surface area contributed by atoms with Crippen LogP contribution in [0.1, 0.15) is 44.4 Å². The number of hydrogen-bond acceptors (Lipinski definition) is 5.